The van der Waals surface area contributed by atoms with Gasteiger partial charge in [-0.2, -0.15) is 0 Å². The summed E-state index contributed by atoms with van der Waals surface area (Å²) in [6.45, 7) is 2.45. The molecule has 1 aliphatic carbocycles. The quantitative estimate of drug-likeness (QED) is 0.683. The van der Waals surface area contributed by atoms with Crippen LogP contribution in [-0.4, -0.2) is 13.1 Å². The summed E-state index contributed by atoms with van der Waals surface area (Å²) in [6.07, 6.45) is 13.6. The smallest absolute Gasteiger partial charge is 0.00462 e. The lowest BCUT2D eigenvalue weighted by atomic mass is 9.89. The summed E-state index contributed by atoms with van der Waals surface area (Å²) in [5.74, 6) is 0.940. The molecule has 2 aliphatic rings. The predicted octanol–water partition coefficient (Wildman–Crippen LogP) is 2.65. The number of piperidine rings is 1. The van der Waals surface area contributed by atoms with Gasteiger partial charge in [0, 0.05) is 0 Å². The van der Waals surface area contributed by atoms with Crippen LogP contribution < -0.4 is 5.32 Å². The molecule has 1 aliphatic heterocycles. The van der Waals surface area contributed by atoms with E-state index >= 15 is 0 Å². The first kappa shape index (κ1) is 9.01. The molecule has 0 bridgehead atoms. The molecule has 2 rings (SSSR count). The van der Waals surface area contributed by atoms with E-state index < -0.39 is 0 Å². The Morgan fingerprint density at radius 1 is 1.23 bits per heavy atom. The van der Waals surface area contributed by atoms with Crippen molar-refractivity contribution in [3.8, 4) is 0 Å². The van der Waals surface area contributed by atoms with E-state index in [4.69, 9.17) is 0 Å². The lowest BCUT2D eigenvalue weighted by molar-refractivity contribution is 0.373. The predicted molar refractivity (Wildman–Crippen MR) is 56.7 cm³/mol. The fraction of sp³-hybridized carbons (Fsp3) is 0.667. The Kier molecular flexibility index (Phi) is 3.20. The molecule has 0 unspecified atom stereocenters. The second-order valence-corrected chi connectivity index (χ2v) is 4.16. The van der Waals surface area contributed by atoms with Crippen LogP contribution >= 0.6 is 0 Å². The molecule has 1 nitrogen and oxygen atoms in total. The van der Waals surface area contributed by atoms with Crippen LogP contribution in [0.1, 0.15) is 32.1 Å². The SMILES string of the molecule is C1=CC(CC2CCNCC2)=CCC1. The number of hydrogen-bond acceptors (Lipinski definition) is 1. The van der Waals surface area contributed by atoms with Crippen LogP contribution in [0.4, 0.5) is 0 Å². The molecule has 13 heavy (non-hydrogen) atoms. The largest absolute Gasteiger partial charge is 0.317 e. The van der Waals surface area contributed by atoms with Crippen molar-refractivity contribution >= 4 is 0 Å². The number of rotatable bonds is 2. The van der Waals surface area contributed by atoms with E-state index in [1.807, 2.05) is 0 Å². The van der Waals surface area contributed by atoms with Crippen molar-refractivity contribution in [3.63, 3.8) is 0 Å². The number of hydrogen-bond donors (Lipinski definition) is 1. The van der Waals surface area contributed by atoms with Crippen LogP contribution in [0, 0.1) is 5.92 Å². The summed E-state index contributed by atoms with van der Waals surface area (Å²) in [7, 11) is 0. The summed E-state index contributed by atoms with van der Waals surface area (Å²) in [4.78, 5) is 0. The molecular weight excluding hydrogens is 158 g/mol. The first-order valence-corrected chi connectivity index (χ1v) is 5.51. The van der Waals surface area contributed by atoms with Gasteiger partial charge in [0.05, 0.1) is 0 Å². The Labute approximate surface area is 80.9 Å². The van der Waals surface area contributed by atoms with Crippen molar-refractivity contribution in [1.29, 1.82) is 0 Å². The molecule has 0 radical (unpaired) electrons. The van der Waals surface area contributed by atoms with Crippen LogP contribution in [0.15, 0.2) is 23.8 Å². The molecular formula is C12H19N. The third-order valence-corrected chi connectivity index (χ3v) is 3.05. The highest BCUT2D eigenvalue weighted by atomic mass is 14.9. The van der Waals surface area contributed by atoms with Crippen molar-refractivity contribution in [2.75, 3.05) is 13.1 Å². The molecule has 0 aromatic heterocycles. The normalized spacial score (nSPS) is 24.5. The van der Waals surface area contributed by atoms with Gasteiger partial charge in [0.2, 0.25) is 0 Å². The third kappa shape index (κ3) is 2.70. The van der Waals surface area contributed by atoms with E-state index in [1.165, 1.54) is 45.2 Å². The van der Waals surface area contributed by atoms with Gasteiger partial charge in [-0.05, 0) is 51.1 Å². The summed E-state index contributed by atoms with van der Waals surface area (Å²) in [6, 6.07) is 0. The van der Waals surface area contributed by atoms with E-state index in [2.05, 4.69) is 23.5 Å². The van der Waals surface area contributed by atoms with Gasteiger partial charge in [0.1, 0.15) is 0 Å². The molecule has 0 saturated carbocycles. The topological polar surface area (TPSA) is 12.0 Å². The molecule has 1 saturated heterocycles. The Bertz CT molecular complexity index is 209. The van der Waals surface area contributed by atoms with E-state index in [9.17, 15) is 0 Å². The molecule has 1 heteroatoms. The molecule has 1 fully saturated rings. The van der Waals surface area contributed by atoms with E-state index in [-0.39, 0.29) is 0 Å². The fourth-order valence-corrected chi connectivity index (χ4v) is 2.24. The van der Waals surface area contributed by atoms with Gasteiger partial charge in [-0.25, -0.2) is 0 Å². The zero-order valence-electron chi connectivity index (χ0n) is 8.26. The maximum absolute atomic E-state index is 3.41. The molecule has 0 spiro atoms. The van der Waals surface area contributed by atoms with Crippen molar-refractivity contribution in [2.24, 2.45) is 5.92 Å². The van der Waals surface area contributed by atoms with E-state index in [1.54, 1.807) is 5.57 Å². The van der Waals surface area contributed by atoms with Crippen molar-refractivity contribution in [2.45, 2.75) is 32.1 Å². The molecule has 1 heterocycles. The third-order valence-electron chi connectivity index (χ3n) is 3.05. The van der Waals surface area contributed by atoms with Crippen LogP contribution in [0.3, 0.4) is 0 Å². The summed E-state index contributed by atoms with van der Waals surface area (Å²) >= 11 is 0. The average molecular weight is 177 g/mol. The Morgan fingerprint density at radius 2 is 2.08 bits per heavy atom. The van der Waals surface area contributed by atoms with Crippen molar-refractivity contribution in [3.05, 3.63) is 23.8 Å². The van der Waals surface area contributed by atoms with Gasteiger partial charge >= 0.3 is 0 Å². The Balaban J connectivity index is 1.82. The monoisotopic (exact) mass is 177 g/mol. The van der Waals surface area contributed by atoms with Crippen molar-refractivity contribution in [1.82, 2.24) is 5.32 Å². The Hall–Kier alpha value is -0.560. The lowest BCUT2D eigenvalue weighted by Gasteiger charge is -2.23. The molecule has 1 N–H and O–H groups in total. The molecule has 0 aromatic rings. The minimum absolute atomic E-state index is 0.940. The maximum atomic E-state index is 3.41. The second kappa shape index (κ2) is 4.61. The standard InChI is InChI=1S/C12H19N/c1-2-4-11(5-3-1)10-12-6-8-13-9-7-12/h2,4-5,12-13H,1,3,6-10H2. The van der Waals surface area contributed by atoms with Gasteiger partial charge in [0.25, 0.3) is 0 Å². The van der Waals surface area contributed by atoms with Gasteiger partial charge in [-0.15, -0.1) is 0 Å². The van der Waals surface area contributed by atoms with Crippen LogP contribution in [0.2, 0.25) is 0 Å². The minimum atomic E-state index is 0.940. The van der Waals surface area contributed by atoms with Gasteiger partial charge in [0.15, 0.2) is 0 Å². The zero-order valence-corrected chi connectivity index (χ0v) is 8.26. The molecule has 72 valence electrons. The van der Waals surface area contributed by atoms with Gasteiger partial charge in [-0.1, -0.05) is 23.8 Å². The zero-order chi connectivity index (χ0) is 8.93. The first-order valence-electron chi connectivity index (χ1n) is 5.51. The highest BCUT2D eigenvalue weighted by molar-refractivity contribution is 5.22. The average Bonchev–Trinajstić information content (AvgIpc) is 2.21. The second-order valence-electron chi connectivity index (χ2n) is 4.16. The molecule has 0 atom stereocenters. The van der Waals surface area contributed by atoms with Crippen LogP contribution in [0.25, 0.3) is 0 Å². The Morgan fingerprint density at radius 3 is 2.77 bits per heavy atom. The van der Waals surface area contributed by atoms with Crippen LogP contribution in [0.5, 0.6) is 0 Å². The highest BCUT2D eigenvalue weighted by Crippen LogP contribution is 2.23. The fourth-order valence-electron chi connectivity index (χ4n) is 2.24. The molecule has 0 amide bonds. The van der Waals surface area contributed by atoms with E-state index in [0.29, 0.717) is 0 Å². The number of nitrogens with one attached hydrogen (secondary N) is 1. The highest BCUT2D eigenvalue weighted by Gasteiger charge is 2.13. The summed E-state index contributed by atoms with van der Waals surface area (Å²) < 4.78 is 0. The lowest BCUT2D eigenvalue weighted by Crippen LogP contribution is -2.27. The minimum Gasteiger partial charge on any atom is -0.317 e. The van der Waals surface area contributed by atoms with Crippen molar-refractivity contribution < 1.29 is 0 Å². The molecule has 0 aromatic carbocycles. The number of allylic oxidation sites excluding steroid dienone is 4. The maximum Gasteiger partial charge on any atom is -0.00462 e. The van der Waals surface area contributed by atoms with Gasteiger partial charge in [-0.3, -0.25) is 0 Å². The summed E-state index contributed by atoms with van der Waals surface area (Å²) in [5.41, 5.74) is 1.58. The first-order chi connectivity index (χ1) is 6.45. The van der Waals surface area contributed by atoms with Crippen LogP contribution in [-0.2, 0) is 0 Å². The van der Waals surface area contributed by atoms with E-state index in [0.717, 1.165) is 5.92 Å². The summed E-state index contributed by atoms with van der Waals surface area (Å²) in [5, 5.41) is 3.41. The van der Waals surface area contributed by atoms with Gasteiger partial charge < -0.3 is 5.32 Å².